The number of hydrogen-bond acceptors (Lipinski definition) is 3. The molecule has 1 heterocycles. The predicted molar refractivity (Wildman–Crippen MR) is 77.8 cm³/mol. The van der Waals surface area contributed by atoms with Crippen molar-refractivity contribution < 1.29 is 14.3 Å². The van der Waals surface area contributed by atoms with Crippen LogP contribution in [0.25, 0.3) is 6.08 Å². The minimum absolute atomic E-state index is 0.0447. The van der Waals surface area contributed by atoms with E-state index in [2.05, 4.69) is 5.32 Å². The van der Waals surface area contributed by atoms with Crippen LogP contribution in [0.15, 0.2) is 23.8 Å². The first-order valence-corrected chi connectivity index (χ1v) is 6.78. The lowest BCUT2D eigenvalue weighted by Gasteiger charge is -2.21. The van der Waals surface area contributed by atoms with Crippen molar-refractivity contribution in [3.63, 3.8) is 0 Å². The van der Waals surface area contributed by atoms with Crippen LogP contribution in [-0.4, -0.2) is 24.8 Å². The molecule has 0 aliphatic carbocycles. The highest BCUT2D eigenvalue weighted by Crippen LogP contribution is 2.29. The van der Waals surface area contributed by atoms with Gasteiger partial charge in [-0.25, -0.2) is 0 Å². The highest BCUT2D eigenvalue weighted by Gasteiger charge is 2.21. The molecular weight excluding hydrogens is 278 g/mol. The third kappa shape index (κ3) is 3.20. The zero-order valence-corrected chi connectivity index (χ0v) is 12.1. The van der Waals surface area contributed by atoms with Gasteiger partial charge in [0, 0.05) is 10.6 Å². The lowest BCUT2D eigenvalue weighted by atomic mass is 10.0. The Morgan fingerprint density at radius 2 is 2.20 bits per heavy atom. The van der Waals surface area contributed by atoms with Crippen molar-refractivity contribution in [3.05, 3.63) is 34.4 Å². The summed E-state index contributed by atoms with van der Waals surface area (Å²) in [4.78, 5) is 23.0. The van der Waals surface area contributed by atoms with Gasteiger partial charge in [0.1, 0.15) is 18.6 Å². The number of nitrogens with one attached hydrogen (secondary N) is 1. The number of fused-ring (bicyclic) bond motifs is 1. The number of benzene rings is 1. The average molecular weight is 294 g/mol. The summed E-state index contributed by atoms with van der Waals surface area (Å²) in [6.07, 6.45) is 2.49. The number of ether oxygens (including phenoxy) is 1. The molecule has 5 heteroatoms. The van der Waals surface area contributed by atoms with Gasteiger partial charge in [-0.1, -0.05) is 25.4 Å². The number of aldehydes is 1. The molecule has 1 atom stereocenters. The first kappa shape index (κ1) is 14.6. The molecule has 0 saturated heterocycles. The molecule has 4 nitrogen and oxygen atoms in total. The monoisotopic (exact) mass is 293 g/mol. The Kier molecular flexibility index (Phi) is 4.45. The maximum Gasteiger partial charge on any atom is 0.251 e. The summed E-state index contributed by atoms with van der Waals surface area (Å²) < 4.78 is 5.51. The number of halogens is 1. The standard InChI is InChI=1S/C15H16ClNO3/c1-9(2)13(7-18)17-15(19)11-5-10-6-12(16)3-4-14(10)20-8-11/h3-7,9,13H,8H2,1-2H3,(H,17,19). The van der Waals surface area contributed by atoms with Gasteiger partial charge in [-0.2, -0.15) is 0 Å². The average Bonchev–Trinajstić information content (AvgIpc) is 2.43. The van der Waals surface area contributed by atoms with Crippen molar-refractivity contribution in [2.45, 2.75) is 19.9 Å². The molecule has 0 spiro atoms. The minimum Gasteiger partial charge on any atom is -0.488 e. The highest BCUT2D eigenvalue weighted by atomic mass is 35.5. The minimum atomic E-state index is -0.496. The molecule has 1 aromatic carbocycles. The van der Waals surface area contributed by atoms with Crippen LogP contribution in [0.2, 0.25) is 5.02 Å². The van der Waals surface area contributed by atoms with Crippen LogP contribution in [0.3, 0.4) is 0 Å². The third-order valence-corrected chi connectivity index (χ3v) is 3.37. The first-order valence-electron chi connectivity index (χ1n) is 6.40. The molecule has 1 aromatic rings. The normalized spacial score (nSPS) is 14.9. The van der Waals surface area contributed by atoms with E-state index < -0.39 is 6.04 Å². The molecule has 1 aliphatic rings. The van der Waals surface area contributed by atoms with Gasteiger partial charge in [-0.15, -0.1) is 0 Å². The van der Waals surface area contributed by atoms with Crippen LogP contribution < -0.4 is 10.1 Å². The summed E-state index contributed by atoms with van der Waals surface area (Å²) in [5, 5.41) is 3.27. The molecule has 1 N–H and O–H groups in total. The fraction of sp³-hybridized carbons (Fsp3) is 0.333. The first-order chi connectivity index (χ1) is 9.51. The maximum absolute atomic E-state index is 12.1. The molecule has 0 fully saturated rings. The van der Waals surface area contributed by atoms with Gasteiger partial charge >= 0.3 is 0 Å². The van der Waals surface area contributed by atoms with E-state index >= 15 is 0 Å². The van der Waals surface area contributed by atoms with Gasteiger partial charge in [0.25, 0.3) is 5.91 Å². The molecular formula is C15H16ClNO3. The number of amides is 1. The Bertz CT molecular complexity index is 566. The van der Waals surface area contributed by atoms with Crippen molar-refractivity contribution in [1.82, 2.24) is 5.32 Å². The van der Waals surface area contributed by atoms with E-state index in [-0.39, 0.29) is 18.4 Å². The Hall–Kier alpha value is -1.81. The van der Waals surface area contributed by atoms with Crippen LogP contribution in [0.4, 0.5) is 0 Å². The molecule has 1 aliphatic heterocycles. The fourth-order valence-corrected chi connectivity index (χ4v) is 2.06. The van der Waals surface area contributed by atoms with Gasteiger partial charge in [0.2, 0.25) is 0 Å². The third-order valence-electron chi connectivity index (χ3n) is 3.14. The fourth-order valence-electron chi connectivity index (χ4n) is 1.88. The summed E-state index contributed by atoms with van der Waals surface area (Å²) in [6, 6.07) is 4.75. The van der Waals surface area contributed by atoms with Crippen LogP contribution in [-0.2, 0) is 9.59 Å². The summed E-state index contributed by atoms with van der Waals surface area (Å²) in [5.41, 5.74) is 1.24. The number of rotatable bonds is 4. The second-order valence-corrected chi connectivity index (χ2v) is 5.46. The lowest BCUT2D eigenvalue weighted by Crippen LogP contribution is -2.41. The summed E-state index contributed by atoms with van der Waals surface area (Å²) >= 11 is 5.92. The summed E-state index contributed by atoms with van der Waals surface area (Å²) in [7, 11) is 0. The van der Waals surface area contributed by atoms with Gasteiger partial charge < -0.3 is 14.8 Å². The van der Waals surface area contributed by atoms with E-state index in [4.69, 9.17) is 16.3 Å². The SMILES string of the molecule is CC(C)C(C=O)NC(=O)C1=Cc2cc(Cl)ccc2OC1. The van der Waals surface area contributed by atoms with E-state index in [1.807, 2.05) is 13.8 Å². The Labute approximate surface area is 122 Å². The second-order valence-electron chi connectivity index (χ2n) is 5.02. The van der Waals surface area contributed by atoms with Crippen molar-refractivity contribution >= 4 is 29.9 Å². The van der Waals surface area contributed by atoms with Crippen LogP contribution >= 0.6 is 11.6 Å². The topological polar surface area (TPSA) is 55.4 Å². The molecule has 0 bridgehead atoms. The Balaban J connectivity index is 2.18. The quantitative estimate of drug-likeness (QED) is 0.868. The molecule has 20 heavy (non-hydrogen) atoms. The largest absolute Gasteiger partial charge is 0.488 e. The number of carbonyl (C=O) groups is 2. The van der Waals surface area contributed by atoms with Gasteiger partial charge in [0.15, 0.2) is 0 Å². The van der Waals surface area contributed by atoms with Crippen LogP contribution in [0, 0.1) is 5.92 Å². The number of hydrogen-bond donors (Lipinski definition) is 1. The second kappa shape index (κ2) is 6.09. The molecule has 2 rings (SSSR count). The Morgan fingerprint density at radius 1 is 1.45 bits per heavy atom. The van der Waals surface area contributed by atoms with Gasteiger partial charge in [-0.3, -0.25) is 4.79 Å². The van der Waals surface area contributed by atoms with Crippen molar-refractivity contribution in [3.8, 4) is 5.75 Å². The van der Waals surface area contributed by atoms with E-state index in [1.54, 1.807) is 24.3 Å². The highest BCUT2D eigenvalue weighted by molar-refractivity contribution is 6.30. The van der Waals surface area contributed by atoms with Gasteiger partial charge in [0.05, 0.1) is 11.6 Å². The zero-order chi connectivity index (χ0) is 14.7. The smallest absolute Gasteiger partial charge is 0.251 e. The molecule has 0 aromatic heterocycles. The zero-order valence-electron chi connectivity index (χ0n) is 11.4. The van der Waals surface area contributed by atoms with Crippen LogP contribution in [0.1, 0.15) is 19.4 Å². The molecule has 0 radical (unpaired) electrons. The van der Waals surface area contributed by atoms with Gasteiger partial charge in [-0.05, 0) is 30.2 Å². The summed E-state index contributed by atoms with van der Waals surface area (Å²) in [6.45, 7) is 3.94. The van der Waals surface area contributed by atoms with E-state index in [0.29, 0.717) is 16.3 Å². The van der Waals surface area contributed by atoms with E-state index in [9.17, 15) is 9.59 Å². The van der Waals surface area contributed by atoms with E-state index in [1.165, 1.54) is 0 Å². The van der Waals surface area contributed by atoms with Crippen LogP contribution in [0.5, 0.6) is 5.75 Å². The molecule has 1 amide bonds. The molecule has 0 saturated carbocycles. The predicted octanol–water partition coefficient (Wildman–Crippen LogP) is 2.46. The number of carbonyl (C=O) groups excluding carboxylic acids is 2. The lowest BCUT2D eigenvalue weighted by molar-refractivity contribution is -0.121. The molecule has 1 unspecified atom stereocenters. The van der Waals surface area contributed by atoms with Crippen molar-refractivity contribution in [2.75, 3.05) is 6.61 Å². The van der Waals surface area contributed by atoms with E-state index in [0.717, 1.165) is 11.8 Å². The molecule has 106 valence electrons. The summed E-state index contributed by atoms with van der Waals surface area (Å²) in [5.74, 6) is 0.450. The Morgan fingerprint density at radius 3 is 2.85 bits per heavy atom. The maximum atomic E-state index is 12.1. The van der Waals surface area contributed by atoms with Crippen molar-refractivity contribution in [2.24, 2.45) is 5.92 Å². The van der Waals surface area contributed by atoms with Crippen molar-refractivity contribution in [1.29, 1.82) is 0 Å².